The van der Waals surface area contributed by atoms with Gasteiger partial charge in [0.1, 0.15) is 5.75 Å². The van der Waals surface area contributed by atoms with Crippen LogP contribution in [0.5, 0.6) is 5.75 Å². The van der Waals surface area contributed by atoms with E-state index in [1.165, 1.54) is 0 Å². The summed E-state index contributed by atoms with van der Waals surface area (Å²) < 4.78 is 20.8. The molecule has 0 aliphatic rings. The number of rotatable bonds is 7. The first-order chi connectivity index (χ1) is 10.5. The van der Waals surface area contributed by atoms with E-state index in [0.29, 0.717) is 12.5 Å². The average molecular weight is 314 g/mol. The molecule has 22 heavy (non-hydrogen) atoms. The van der Waals surface area contributed by atoms with Crippen molar-refractivity contribution in [1.29, 1.82) is 0 Å². The lowest BCUT2D eigenvalue weighted by Crippen LogP contribution is -2.42. The lowest BCUT2D eigenvalue weighted by molar-refractivity contribution is 0.212. The zero-order valence-electron chi connectivity index (χ0n) is 12.9. The van der Waals surface area contributed by atoms with Crippen LogP contribution >= 0.6 is 0 Å². The maximum absolute atomic E-state index is 5.36. The third kappa shape index (κ3) is 4.15. The van der Waals surface area contributed by atoms with Gasteiger partial charge >= 0.3 is 8.80 Å². The van der Waals surface area contributed by atoms with Gasteiger partial charge in [-0.1, -0.05) is 25.3 Å². The zero-order valence-corrected chi connectivity index (χ0v) is 13.9. The Hall–Kier alpha value is -2.68. The number of hydrogen-bond acceptors (Lipinski definition) is 4. The van der Waals surface area contributed by atoms with Gasteiger partial charge in [-0.25, -0.2) is 0 Å². The Kier molecular flexibility index (Phi) is 6.26. The SMILES string of the molecule is C#CO[Si](CCc1cc(C)c(C)c(OC)c1)(OC#C)OC#C. The Balaban J connectivity index is 2.99. The molecule has 4 nitrogen and oxygen atoms in total. The number of aryl methyl sites for hydroxylation is 2. The zero-order chi connectivity index (χ0) is 16.6. The van der Waals surface area contributed by atoms with E-state index in [9.17, 15) is 0 Å². The van der Waals surface area contributed by atoms with E-state index in [2.05, 4.69) is 24.4 Å². The fraction of sp³-hybridized carbons (Fsp3) is 0.294. The van der Waals surface area contributed by atoms with Crippen molar-refractivity contribution in [1.82, 2.24) is 0 Å². The fourth-order valence-corrected chi connectivity index (χ4v) is 3.60. The summed E-state index contributed by atoms with van der Waals surface area (Å²) in [6.45, 7) is 4.02. The highest BCUT2D eigenvalue weighted by atomic mass is 28.4. The van der Waals surface area contributed by atoms with E-state index in [1.807, 2.05) is 19.9 Å². The van der Waals surface area contributed by atoms with Crippen molar-refractivity contribution in [3.8, 4) is 43.3 Å². The van der Waals surface area contributed by atoms with E-state index < -0.39 is 8.80 Å². The van der Waals surface area contributed by atoms with Crippen LogP contribution in [0.2, 0.25) is 6.04 Å². The maximum atomic E-state index is 5.36. The van der Waals surface area contributed by atoms with Crippen molar-refractivity contribution >= 4 is 8.80 Å². The molecule has 0 atom stereocenters. The van der Waals surface area contributed by atoms with E-state index in [-0.39, 0.29) is 0 Å². The van der Waals surface area contributed by atoms with Crippen LogP contribution in [0.4, 0.5) is 0 Å². The molecule has 0 saturated carbocycles. The predicted octanol–water partition coefficient (Wildman–Crippen LogP) is 2.62. The van der Waals surface area contributed by atoms with Crippen molar-refractivity contribution in [2.75, 3.05) is 7.11 Å². The van der Waals surface area contributed by atoms with Gasteiger partial charge in [0, 0.05) is 0 Å². The number of benzene rings is 1. The minimum Gasteiger partial charge on any atom is -0.496 e. The van der Waals surface area contributed by atoms with Crippen LogP contribution in [-0.2, 0) is 19.7 Å². The first-order valence-electron chi connectivity index (χ1n) is 6.56. The second-order valence-electron chi connectivity index (χ2n) is 4.58. The van der Waals surface area contributed by atoms with Gasteiger partial charge in [0.25, 0.3) is 0 Å². The summed E-state index contributed by atoms with van der Waals surface area (Å²) in [5, 5.41) is 0. The van der Waals surface area contributed by atoms with Crippen LogP contribution < -0.4 is 4.74 Å². The van der Waals surface area contributed by atoms with E-state index in [4.69, 9.17) is 37.3 Å². The van der Waals surface area contributed by atoms with Crippen molar-refractivity contribution in [3.63, 3.8) is 0 Å². The molecule has 5 heteroatoms. The van der Waals surface area contributed by atoms with Crippen molar-refractivity contribution < 1.29 is 18.0 Å². The third-order valence-electron chi connectivity index (χ3n) is 3.26. The Morgan fingerprint density at radius 1 is 1.00 bits per heavy atom. The average Bonchev–Trinajstić information content (AvgIpc) is 2.49. The molecule has 0 aromatic heterocycles. The molecular weight excluding hydrogens is 296 g/mol. The summed E-state index contributed by atoms with van der Waals surface area (Å²) in [5.41, 5.74) is 3.24. The van der Waals surface area contributed by atoms with Crippen molar-refractivity contribution in [2.24, 2.45) is 0 Å². The van der Waals surface area contributed by atoms with Gasteiger partial charge < -0.3 is 18.0 Å². The van der Waals surface area contributed by atoms with Crippen LogP contribution in [0.25, 0.3) is 0 Å². The minimum atomic E-state index is -3.29. The largest absolute Gasteiger partial charge is 0.725 e. The van der Waals surface area contributed by atoms with Gasteiger partial charge in [-0.2, -0.15) is 0 Å². The summed E-state index contributed by atoms with van der Waals surface area (Å²) in [6.07, 6.45) is 22.3. The lowest BCUT2D eigenvalue weighted by atomic mass is 10.0. The quantitative estimate of drug-likeness (QED) is 0.573. The minimum absolute atomic E-state index is 0.358. The number of terminal acetylenes is 3. The molecule has 1 aromatic carbocycles. The van der Waals surface area contributed by atoms with Crippen LogP contribution in [-0.4, -0.2) is 15.9 Å². The summed E-state index contributed by atoms with van der Waals surface area (Å²) >= 11 is 0. The van der Waals surface area contributed by atoms with Gasteiger partial charge in [-0.05, 0) is 43.0 Å². The molecule has 0 aliphatic heterocycles. The molecule has 0 fully saturated rings. The highest BCUT2D eigenvalue weighted by molar-refractivity contribution is 6.61. The molecule has 0 N–H and O–H groups in total. The smallest absolute Gasteiger partial charge is 0.496 e. The molecule has 0 saturated heterocycles. The molecular formula is C17H18O4Si. The summed E-state index contributed by atoms with van der Waals surface area (Å²) in [7, 11) is -1.65. The molecule has 1 aromatic rings. The fourth-order valence-electron chi connectivity index (χ4n) is 2.04. The van der Waals surface area contributed by atoms with Crippen LogP contribution in [0.1, 0.15) is 16.7 Å². The summed E-state index contributed by atoms with van der Waals surface area (Å²) in [4.78, 5) is 0. The van der Waals surface area contributed by atoms with Gasteiger partial charge in [0.2, 0.25) is 0 Å². The van der Waals surface area contributed by atoms with E-state index >= 15 is 0 Å². The molecule has 1 rings (SSSR count). The Morgan fingerprint density at radius 3 is 2.00 bits per heavy atom. The van der Waals surface area contributed by atoms with Gasteiger partial charge in [-0.3, -0.25) is 0 Å². The normalized spacial score (nSPS) is 9.82. The van der Waals surface area contributed by atoms with Gasteiger partial charge in [0.05, 0.1) is 31.5 Å². The van der Waals surface area contributed by atoms with E-state index in [1.54, 1.807) is 7.11 Å². The summed E-state index contributed by atoms with van der Waals surface area (Å²) in [5.74, 6) is 0.816. The Labute approximate surface area is 133 Å². The topological polar surface area (TPSA) is 36.9 Å². The van der Waals surface area contributed by atoms with Crippen molar-refractivity contribution in [3.05, 3.63) is 28.8 Å². The molecule has 0 unspecified atom stereocenters. The van der Waals surface area contributed by atoms with Crippen LogP contribution in [0.15, 0.2) is 12.1 Å². The first-order valence-corrected chi connectivity index (χ1v) is 8.50. The lowest BCUT2D eigenvalue weighted by Gasteiger charge is -2.21. The molecule has 0 spiro atoms. The molecule has 114 valence electrons. The van der Waals surface area contributed by atoms with Crippen LogP contribution in [0, 0.1) is 51.4 Å². The maximum Gasteiger partial charge on any atom is 0.725 e. The first kappa shape index (κ1) is 17.4. The Bertz CT molecular complexity index is 606. The number of hydrogen-bond donors (Lipinski definition) is 0. The number of ether oxygens (including phenoxy) is 1. The van der Waals surface area contributed by atoms with Gasteiger partial charge in [0.15, 0.2) is 0 Å². The number of methoxy groups -OCH3 is 1. The summed E-state index contributed by atoms with van der Waals surface area (Å²) in [6, 6.07) is 4.36. The van der Waals surface area contributed by atoms with E-state index in [0.717, 1.165) is 22.4 Å². The second kappa shape index (κ2) is 7.93. The monoisotopic (exact) mass is 314 g/mol. The van der Waals surface area contributed by atoms with Crippen LogP contribution in [0.3, 0.4) is 0 Å². The van der Waals surface area contributed by atoms with Gasteiger partial charge in [-0.15, -0.1) is 0 Å². The molecule has 0 bridgehead atoms. The molecule has 0 radical (unpaired) electrons. The molecule has 0 aliphatic carbocycles. The molecule has 0 heterocycles. The highest BCUT2D eigenvalue weighted by Gasteiger charge is 2.48. The standard InChI is InChI=1S/C17H18O4Si/c1-7-19-22(20-8-2,21-9-3)11-10-16-12-14(4)15(5)17(13-16)18-6/h1-3,12-13H,10-11H2,4-6H3. The Morgan fingerprint density at radius 2 is 1.55 bits per heavy atom. The third-order valence-corrected chi connectivity index (χ3v) is 5.41. The van der Waals surface area contributed by atoms with Crippen molar-refractivity contribution in [2.45, 2.75) is 26.3 Å². The highest BCUT2D eigenvalue weighted by Crippen LogP contribution is 2.26. The molecule has 0 amide bonds. The predicted molar refractivity (Wildman–Crippen MR) is 86.5 cm³/mol. The second-order valence-corrected chi connectivity index (χ2v) is 7.06.